The van der Waals surface area contributed by atoms with E-state index in [1.165, 1.54) is 39.7 Å². The molecule has 1 N–H and O–H groups in total. The van der Waals surface area contributed by atoms with E-state index < -0.39 is 0 Å². The van der Waals surface area contributed by atoms with Crippen LogP contribution in [-0.2, 0) is 13.0 Å². The van der Waals surface area contributed by atoms with Gasteiger partial charge in [0.05, 0.1) is 3.79 Å². The van der Waals surface area contributed by atoms with Crippen molar-refractivity contribution < 1.29 is 0 Å². The monoisotopic (exact) mass is 321 g/mol. The summed E-state index contributed by atoms with van der Waals surface area (Å²) in [7, 11) is 0. The largest absolute Gasteiger partial charge is 0.306 e. The van der Waals surface area contributed by atoms with Gasteiger partial charge in [-0.15, -0.1) is 11.3 Å². The van der Waals surface area contributed by atoms with E-state index in [9.17, 15) is 0 Å². The molecule has 1 aliphatic rings. The Hall–Kier alpha value is -0.640. The fraction of sp³-hybridized carbons (Fsp3) is 0.333. The van der Waals surface area contributed by atoms with E-state index in [1.807, 2.05) is 0 Å². The minimum atomic E-state index is 0.522. The summed E-state index contributed by atoms with van der Waals surface area (Å²) < 4.78 is 1.21. The van der Waals surface area contributed by atoms with Crippen LogP contribution in [0.3, 0.4) is 0 Å². The van der Waals surface area contributed by atoms with Crippen molar-refractivity contribution in [2.75, 3.05) is 0 Å². The van der Waals surface area contributed by atoms with Gasteiger partial charge in [-0.1, -0.05) is 24.3 Å². The summed E-state index contributed by atoms with van der Waals surface area (Å²) in [5, 5.41) is 5.91. The van der Waals surface area contributed by atoms with E-state index in [2.05, 4.69) is 57.0 Å². The maximum atomic E-state index is 3.69. The molecule has 1 heterocycles. The first-order valence-corrected chi connectivity index (χ1v) is 8.04. The molecule has 2 aromatic rings. The van der Waals surface area contributed by atoms with Crippen LogP contribution in [0.4, 0.5) is 0 Å². The number of hydrogen-bond acceptors (Lipinski definition) is 2. The first-order valence-electron chi connectivity index (χ1n) is 6.37. The number of hydrogen-bond donors (Lipinski definition) is 1. The molecule has 0 aliphatic heterocycles. The van der Waals surface area contributed by atoms with E-state index in [0.717, 1.165) is 6.54 Å². The SMILES string of the molecule is Brc1cc(CNC2CCCc3ccccc32)cs1. The zero-order valence-electron chi connectivity index (χ0n) is 10.2. The molecule has 0 spiro atoms. The van der Waals surface area contributed by atoms with Crippen LogP contribution in [0.2, 0.25) is 0 Å². The standard InChI is InChI=1S/C15H16BrNS/c16-15-8-11(10-18-15)9-17-14-7-3-5-12-4-1-2-6-13(12)14/h1-2,4,6,8,10,14,17H,3,5,7,9H2. The molecular weight excluding hydrogens is 306 g/mol. The number of benzene rings is 1. The Labute approximate surface area is 120 Å². The summed E-state index contributed by atoms with van der Waals surface area (Å²) in [5.41, 5.74) is 4.39. The number of halogens is 1. The molecule has 1 aliphatic carbocycles. The van der Waals surface area contributed by atoms with Gasteiger partial charge in [-0.3, -0.25) is 0 Å². The van der Waals surface area contributed by atoms with Crippen molar-refractivity contribution in [3.63, 3.8) is 0 Å². The molecule has 3 heteroatoms. The fourth-order valence-corrected chi connectivity index (χ4v) is 3.85. The van der Waals surface area contributed by atoms with E-state index in [0.29, 0.717) is 6.04 Å². The van der Waals surface area contributed by atoms with Crippen LogP contribution in [0, 0.1) is 0 Å². The van der Waals surface area contributed by atoms with Gasteiger partial charge >= 0.3 is 0 Å². The van der Waals surface area contributed by atoms with Crippen molar-refractivity contribution in [2.24, 2.45) is 0 Å². The minimum Gasteiger partial charge on any atom is -0.306 e. The van der Waals surface area contributed by atoms with Gasteiger partial charge < -0.3 is 5.32 Å². The number of nitrogens with one attached hydrogen (secondary N) is 1. The Morgan fingerprint density at radius 3 is 3.06 bits per heavy atom. The molecule has 0 saturated heterocycles. The molecule has 18 heavy (non-hydrogen) atoms. The van der Waals surface area contributed by atoms with Crippen LogP contribution >= 0.6 is 27.3 Å². The molecule has 1 unspecified atom stereocenters. The molecular formula is C15H16BrNS. The molecule has 0 radical (unpaired) electrons. The van der Waals surface area contributed by atoms with Crippen molar-refractivity contribution in [2.45, 2.75) is 31.8 Å². The fourth-order valence-electron chi connectivity index (χ4n) is 2.65. The summed E-state index contributed by atoms with van der Waals surface area (Å²) in [5.74, 6) is 0. The quantitative estimate of drug-likeness (QED) is 0.865. The lowest BCUT2D eigenvalue weighted by Gasteiger charge is -2.26. The summed E-state index contributed by atoms with van der Waals surface area (Å²) in [4.78, 5) is 0. The van der Waals surface area contributed by atoms with Crippen molar-refractivity contribution in [3.8, 4) is 0 Å². The normalized spacial score (nSPS) is 18.6. The van der Waals surface area contributed by atoms with Gasteiger partial charge in [0.15, 0.2) is 0 Å². The maximum absolute atomic E-state index is 3.69. The van der Waals surface area contributed by atoms with Crippen molar-refractivity contribution >= 4 is 27.3 Å². The second-order valence-corrected chi connectivity index (χ2v) is 7.07. The lowest BCUT2D eigenvalue weighted by Crippen LogP contribution is -2.24. The lowest BCUT2D eigenvalue weighted by atomic mass is 9.88. The summed E-state index contributed by atoms with van der Waals surface area (Å²) >= 11 is 5.27. The number of fused-ring (bicyclic) bond motifs is 1. The molecule has 1 nitrogen and oxygen atoms in total. The third-order valence-corrected chi connectivity index (χ3v) is 5.10. The minimum absolute atomic E-state index is 0.522. The maximum Gasteiger partial charge on any atom is 0.0701 e. The number of aryl methyl sites for hydroxylation is 1. The van der Waals surface area contributed by atoms with Crippen LogP contribution in [0.15, 0.2) is 39.5 Å². The van der Waals surface area contributed by atoms with Crippen LogP contribution in [0.1, 0.15) is 35.6 Å². The lowest BCUT2D eigenvalue weighted by molar-refractivity contribution is 0.459. The van der Waals surface area contributed by atoms with Gasteiger partial charge in [0.1, 0.15) is 0 Å². The topological polar surface area (TPSA) is 12.0 Å². The van der Waals surface area contributed by atoms with Gasteiger partial charge in [0.2, 0.25) is 0 Å². The molecule has 1 atom stereocenters. The van der Waals surface area contributed by atoms with Crippen LogP contribution in [0.25, 0.3) is 0 Å². The third kappa shape index (κ3) is 2.68. The Bertz CT molecular complexity index is 535. The van der Waals surface area contributed by atoms with Crippen molar-refractivity contribution in [1.82, 2.24) is 5.32 Å². The zero-order chi connectivity index (χ0) is 12.4. The first kappa shape index (κ1) is 12.4. The predicted molar refractivity (Wildman–Crippen MR) is 81.0 cm³/mol. The van der Waals surface area contributed by atoms with E-state index in [1.54, 1.807) is 11.3 Å². The highest BCUT2D eigenvalue weighted by Crippen LogP contribution is 2.30. The average Bonchev–Trinajstić information content (AvgIpc) is 2.82. The Balaban J connectivity index is 1.71. The second kappa shape index (κ2) is 5.55. The van der Waals surface area contributed by atoms with Gasteiger partial charge in [-0.05, 0) is 63.3 Å². The first-order chi connectivity index (χ1) is 8.83. The highest BCUT2D eigenvalue weighted by atomic mass is 79.9. The van der Waals surface area contributed by atoms with Gasteiger partial charge in [0, 0.05) is 12.6 Å². The molecule has 0 amide bonds. The third-order valence-electron chi connectivity index (χ3n) is 3.54. The summed E-state index contributed by atoms with van der Waals surface area (Å²) in [6.45, 7) is 0.959. The molecule has 0 saturated carbocycles. The highest BCUT2D eigenvalue weighted by molar-refractivity contribution is 9.11. The average molecular weight is 322 g/mol. The Kier molecular flexibility index (Phi) is 3.83. The van der Waals surface area contributed by atoms with Gasteiger partial charge in [-0.25, -0.2) is 0 Å². The molecule has 0 fully saturated rings. The number of thiophene rings is 1. The second-order valence-electron chi connectivity index (χ2n) is 4.78. The summed E-state index contributed by atoms with van der Waals surface area (Å²) in [6, 6.07) is 11.6. The zero-order valence-corrected chi connectivity index (χ0v) is 12.6. The van der Waals surface area contributed by atoms with Crippen LogP contribution in [-0.4, -0.2) is 0 Å². The Morgan fingerprint density at radius 2 is 2.22 bits per heavy atom. The molecule has 3 rings (SSSR count). The van der Waals surface area contributed by atoms with Gasteiger partial charge in [-0.2, -0.15) is 0 Å². The van der Waals surface area contributed by atoms with Crippen molar-refractivity contribution in [1.29, 1.82) is 0 Å². The van der Waals surface area contributed by atoms with E-state index >= 15 is 0 Å². The highest BCUT2D eigenvalue weighted by Gasteiger charge is 2.18. The van der Waals surface area contributed by atoms with E-state index in [4.69, 9.17) is 0 Å². The van der Waals surface area contributed by atoms with Gasteiger partial charge in [0.25, 0.3) is 0 Å². The molecule has 94 valence electrons. The number of rotatable bonds is 3. The molecule has 1 aromatic heterocycles. The smallest absolute Gasteiger partial charge is 0.0701 e. The molecule has 1 aromatic carbocycles. The van der Waals surface area contributed by atoms with Crippen LogP contribution < -0.4 is 5.32 Å². The predicted octanol–water partition coefficient (Wildman–Crippen LogP) is 4.68. The molecule has 0 bridgehead atoms. The van der Waals surface area contributed by atoms with Crippen LogP contribution in [0.5, 0.6) is 0 Å². The van der Waals surface area contributed by atoms with E-state index in [-0.39, 0.29) is 0 Å². The summed E-state index contributed by atoms with van der Waals surface area (Å²) in [6.07, 6.45) is 3.78. The van der Waals surface area contributed by atoms with Crippen molar-refractivity contribution in [3.05, 3.63) is 56.2 Å². The Morgan fingerprint density at radius 1 is 1.33 bits per heavy atom.